The molecule has 1 aliphatic rings. The molecule has 1 saturated heterocycles. The van der Waals surface area contributed by atoms with E-state index in [-0.39, 0.29) is 0 Å². The summed E-state index contributed by atoms with van der Waals surface area (Å²) in [5.41, 5.74) is 1.38. The number of carbonyl (C=O) groups excluding carboxylic acids is 2. The van der Waals surface area contributed by atoms with Crippen molar-refractivity contribution in [2.75, 3.05) is 13.7 Å². The van der Waals surface area contributed by atoms with Gasteiger partial charge < -0.3 is 15.4 Å². The summed E-state index contributed by atoms with van der Waals surface area (Å²) in [5, 5.41) is 5.36. The molecule has 102 valence electrons. The first-order valence-corrected chi connectivity index (χ1v) is 6.28. The fourth-order valence-electron chi connectivity index (χ4n) is 2.26. The van der Waals surface area contributed by atoms with E-state index in [1.54, 1.807) is 7.11 Å². The number of methoxy groups -OCH3 is 1. The highest BCUT2D eigenvalue weighted by Crippen LogP contribution is 2.31. The van der Waals surface area contributed by atoms with Crippen molar-refractivity contribution < 1.29 is 14.3 Å². The van der Waals surface area contributed by atoms with Gasteiger partial charge >= 0.3 is 11.8 Å². The zero-order chi connectivity index (χ0) is 14.0. The summed E-state index contributed by atoms with van der Waals surface area (Å²) in [4.78, 5) is 22.8. The highest BCUT2D eigenvalue weighted by Gasteiger charge is 2.38. The van der Waals surface area contributed by atoms with E-state index in [0.29, 0.717) is 12.3 Å². The molecule has 0 saturated carbocycles. The van der Waals surface area contributed by atoms with E-state index >= 15 is 0 Å². The second kappa shape index (κ2) is 4.91. The number of hydrogen-bond donors (Lipinski definition) is 2. The molecule has 1 fully saturated rings. The highest BCUT2D eigenvalue weighted by atomic mass is 16.5. The summed E-state index contributed by atoms with van der Waals surface area (Å²) >= 11 is 0. The lowest BCUT2D eigenvalue weighted by atomic mass is 9.88. The molecule has 0 radical (unpaired) electrons. The molecule has 2 amide bonds. The number of ether oxygens (including phenoxy) is 1. The van der Waals surface area contributed by atoms with Crippen LogP contribution in [0.25, 0.3) is 0 Å². The van der Waals surface area contributed by atoms with Gasteiger partial charge in [-0.15, -0.1) is 0 Å². The Morgan fingerprint density at radius 2 is 2.05 bits per heavy atom. The zero-order valence-electron chi connectivity index (χ0n) is 11.4. The minimum atomic E-state index is -0.651. The molecule has 1 heterocycles. The molecule has 0 bridgehead atoms. The number of amides is 2. The van der Waals surface area contributed by atoms with Crippen LogP contribution in [-0.2, 0) is 21.5 Å². The van der Waals surface area contributed by atoms with E-state index in [9.17, 15) is 9.59 Å². The Labute approximate surface area is 112 Å². The van der Waals surface area contributed by atoms with Crippen molar-refractivity contribution in [3.8, 4) is 5.75 Å². The van der Waals surface area contributed by atoms with Gasteiger partial charge in [-0.3, -0.25) is 9.59 Å². The molecule has 1 aromatic rings. The average Bonchev–Trinajstić information content (AvgIpc) is 2.42. The van der Waals surface area contributed by atoms with Crippen LogP contribution < -0.4 is 15.4 Å². The quantitative estimate of drug-likeness (QED) is 0.789. The fourth-order valence-corrected chi connectivity index (χ4v) is 2.26. The molecule has 1 atom stereocenters. The van der Waals surface area contributed by atoms with Gasteiger partial charge in [0.1, 0.15) is 5.75 Å². The summed E-state index contributed by atoms with van der Waals surface area (Å²) in [7, 11) is 1.59. The van der Waals surface area contributed by atoms with Gasteiger partial charge in [0.15, 0.2) is 0 Å². The van der Waals surface area contributed by atoms with Crippen molar-refractivity contribution in [2.24, 2.45) is 0 Å². The first kappa shape index (κ1) is 13.4. The van der Waals surface area contributed by atoms with Gasteiger partial charge in [-0.05, 0) is 31.0 Å². The van der Waals surface area contributed by atoms with Crippen LogP contribution in [0.4, 0.5) is 0 Å². The van der Waals surface area contributed by atoms with Crippen LogP contribution in [0, 0.1) is 0 Å². The van der Waals surface area contributed by atoms with Gasteiger partial charge in [-0.25, -0.2) is 0 Å². The lowest BCUT2D eigenvalue weighted by Crippen LogP contribution is -2.61. The normalized spacial score (nSPS) is 22.7. The second-order valence-corrected chi connectivity index (χ2v) is 4.86. The number of rotatable bonds is 3. The Morgan fingerprint density at radius 3 is 2.63 bits per heavy atom. The summed E-state index contributed by atoms with van der Waals surface area (Å²) < 4.78 is 5.36. The first-order valence-electron chi connectivity index (χ1n) is 6.28. The van der Waals surface area contributed by atoms with Gasteiger partial charge in [0.2, 0.25) is 0 Å². The number of hydrogen-bond acceptors (Lipinski definition) is 3. The van der Waals surface area contributed by atoms with Crippen molar-refractivity contribution in [3.05, 3.63) is 29.3 Å². The molecule has 1 aliphatic heterocycles. The molecule has 2 N–H and O–H groups in total. The molecule has 1 aromatic carbocycles. The molecule has 2 rings (SSSR count). The molecule has 0 aromatic heterocycles. The predicted molar refractivity (Wildman–Crippen MR) is 70.9 cm³/mol. The minimum Gasteiger partial charge on any atom is -0.496 e. The van der Waals surface area contributed by atoms with E-state index < -0.39 is 17.4 Å². The predicted octanol–water partition coefficient (Wildman–Crippen LogP) is 0.719. The maximum atomic E-state index is 11.6. The topological polar surface area (TPSA) is 67.4 Å². The van der Waals surface area contributed by atoms with Crippen molar-refractivity contribution >= 4 is 11.8 Å². The number of benzene rings is 1. The number of aryl methyl sites for hydroxylation is 1. The third-order valence-corrected chi connectivity index (χ3v) is 3.46. The van der Waals surface area contributed by atoms with E-state index in [1.165, 1.54) is 0 Å². The summed E-state index contributed by atoms with van der Waals surface area (Å²) in [6.45, 7) is 4.29. The molecule has 5 heteroatoms. The van der Waals surface area contributed by atoms with Gasteiger partial charge in [0.25, 0.3) is 0 Å². The Hall–Kier alpha value is -2.04. The van der Waals surface area contributed by atoms with Gasteiger partial charge in [-0.2, -0.15) is 0 Å². The maximum absolute atomic E-state index is 11.6. The van der Waals surface area contributed by atoms with Crippen LogP contribution in [0.5, 0.6) is 5.75 Å². The highest BCUT2D eigenvalue weighted by molar-refractivity contribution is 6.35. The van der Waals surface area contributed by atoms with Crippen molar-refractivity contribution in [1.29, 1.82) is 0 Å². The van der Waals surface area contributed by atoms with Crippen LogP contribution in [-0.4, -0.2) is 25.5 Å². The van der Waals surface area contributed by atoms with E-state index in [2.05, 4.69) is 17.6 Å². The maximum Gasteiger partial charge on any atom is 0.310 e. The second-order valence-electron chi connectivity index (χ2n) is 4.86. The van der Waals surface area contributed by atoms with Crippen LogP contribution >= 0.6 is 0 Å². The Bertz CT molecular complexity index is 527. The summed E-state index contributed by atoms with van der Waals surface area (Å²) in [6.07, 6.45) is 0.896. The largest absolute Gasteiger partial charge is 0.496 e. The number of carbonyl (C=O) groups is 2. The van der Waals surface area contributed by atoms with Crippen molar-refractivity contribution in [1.82, 2.24) is 10.6 Å². The zero-order valence-corrected chi connectivity index (χ0v) is 11.4. The molecule has 5 nitrogen and oxygen atoms in total. The molecule has 0 aliphatic carbocycles. The molecular weight excluding hydrogens is 244 g/mol. The Morgan fingerprint density at radius 1 is 1.32 bits per heavy atom. The Kier molecular flexibility index (Phi) is 3.46. The van der Waals surface area contributed by atoms with Crippen LogP contribution in [0.15, 0.2) is 18.2 Å². The van der Waals surface area contributed by atoms with E-state index in [0.717, 1.165) is 17.5 Å². The van der Waals surface area contributed by atoms with Crippen LogP contribution in [0.1, 0.15) is 25.0 Å². The number of piperazine rings is 1. The number of nitrogens with one attached hydrogen (secondary N) is 2. The smallest absolute Gasteiger partial charge is 0.310 e. The molecule has 0 spiro atoms. The first-order chi connectivity index (χ1) is 9.00. The van der Waals surface area contributed by atoms with Crippen molar-refractivity contribution in [2.45, 2.75) is 25.8 Å². The summed E-state index contributed by atoms with van der Waals surface area (Å²) in [6, 6.07) is 5.90. The van der Waals surface area contributed by atoms with E-state index in [4.69, 9.17) is 4.74 Å². The molecule has 19 heavy (non-hydrogen) atoms. The standard InChI is InChI=1S/C14H18N2O3/c1-4-9-5-6-11(19-3)10(7-9)14(2)8-15-12(17)13(18)16-14/h5-7H,4,8H2,1-3H3,(H,15,17)(H,16,18). The fraction of sp³-hybridized carbons (Fsp3) is 0.429. The molecule has 1 unspecified atom stereocenters. The monoisotopic (exact) mass is 262 g/mol. The van der Waals surface area contributed by atoms with Gasteiger partial charge in [-0.1, -0.05) is 13.0 Å². The lowest BCUT2D eigenvalue weighted by Gasteiger charge is -2.36. The van der Waals surface area contributed by atoms with Crippen LogP contribution in [0.3, 0.4) is 0 Å². The third-order valence-electron chi connectivity index (χ3n) is 3.46. The van der Waals surface area contributed by atoms with Gasteiger partial charge in [0, 0.05) is 12.1 Å². The average molecular weight is 262 g/mol. The lowest BCUT2D eigenvalue weighted by molar-refractivity contribution is -0.142. The Balaban J connectivity index is 2.44. The summed E-state index contributed by atoms with van der Waals surface area (Å²) in [5.74, 6) is -0.503. The van der Waals surface area contributed by atoms with Crippen molar-refractivity contribution in [3.63, 3.8) is 0 Å². The minimum absolute atomic E-state index is 0.348. The van der Waals surface area contributed by atoms with Gasteiger partial charge in [0.05, 0.1) is 12.6 Å². The third kappa shape index (κ3) is 2.41. The molecular formula is C14H18N2O3. The van der Waals surface area contributed by atoms with E-state index in [1.807, 2.05) is 25.1 Å². The SMILES string of the molecule is CCc1ccc(OC)c(C2(C)CNC(=O)C(=O)N2)c1. The van der Waals surface area contributed by atoms with Crippen LogP contribution in [0.2, 0.25) is 0 Å².